The van der Waals surface area contributed by atoms with Gasteiger partial charge >= 0.3 is 0 Å². The fourth-order valence-corrected chi connectivity index (χ4v) is 4.29. The molecule has 0 saturated heterocycles. The molecule has 0 amide bonds. The van der Waals surface area contributed by atoms with E-state index in [1.807, 2.05) is 0 Å². The van der Waals surface area contributed by atoms with E-state index < -0.39 is 0 Å². The second-order valence-corrected chi connectivity index (χ2v) is 7.37. The molecule has 1 rings (SSSR count). The molecule has 0 spiro atoms. The molecule has 1 aliphatic rings. The zero-order valence-corrected chi connectivity index (χ0v) is 13.9. The van der Waals surface area contributed by atoms with Crippen molar-refractivity contribution in [3.05, 3.63) is 0 Å². The van der Waals surface area contributed by atoms with Crippen molar-refractivity contribution in [2.24, 2.45) is 41.4 Å². The Bertz CT molecular complexity index is 226. The molecule has 0 aromatic carbocycles. The van der Waals surface area contributed by atoms with Gasteiger partial charge < -0.3 is 0 Å². The first-order valence-electron chi connectivity index (χ1n) is 8.42. The summed E-state index contributed by atoms with van der Waals surface area (Å²) < 4.78 is 0. The smallest absolute Gasteiger partial charge is 0.0363 e. The second-order valence-electron chi connectivity index (χ2n) is 7.37. The van der Waals surface area contributed by atoms with E-state index in [0.29, 0.717) is 0 Å². The van der Waals surface area contributed by atoms with E-state index in [1.54, 1.807) is 0 Å². The predicted octanol–water partition coefficient (Wildman–Crippen LogP) is 6.01. The van der Waals surface area contributed by atoms with Crippen molar-refractivity contribution in [3.8, 4) is 0 Å². The third kappa shape index (κ3) is 3.52. The van der Waals surface area contributed by atoms with Crippen molar-refractivity contribution in [2.45, 2.75) is 74.1 Å². The normalized spacial score (nSPS) is 32.2. The molecule has 0 aromatic rings. The van der Waals surface area contributed by atoms with Gasteiger partial charge in [0.1, 0.15) is 0 Å². The van der Waals surface area contributed by atoms with E-state index in [1.165, 1.54) is 25.7 Å². The molecule has 1 fully saturated rings. The molecule has 1 aliphatic carbocycles. The van der Waals surface area contributed by atoms with Crippen LogP contribution in [0.2, 0.25) is 0 Å². The minimum atomic E-state index is 0.885. The van der Waals surface area contributed by atoms with Crippen molar-refractivity contribution in [2.75, 3.05) is 0 Å². The zero-order valence-electron chi connectivity index (χ0n) is 13.9. The minimum absolute atomic E-state index is 0.885. The summed E-state index contributed by atoms with van der Waals surface area (Å²) in [5, 5.41) is 0. The third-order valence-corrected chi connectivity index (χ3v) is 6.33. The highest BCUT2D eigenvalue weighted by molar-refractivity contribution is 4.86. The molecule has 0 bridgehead atoms. The van der Waals surface area contributed by atoms with E-state index in [4.69, 9.17) is 0 Å². The fourth-order valence-electron chi connectivity index (χ4n) is 4.29. The average Bonchev–Trinajstić information content (AvgIpc) is 2.33. The molecule has 0 heteroatoms. The zero-order chi connectivity index (χ0) is 13.9. The first-order valence-corrected chi connectivity index (χ1v) is 8.42. The standard InChI is InChI=1S/C18H36/c1-8-13(4)18(9-2)16(7)14(5)15(6)17-10-12(3)11-17/h12-18H,8-11H2,1-7H3. The fraction of sp³-hybridized carbons (Fsp3) is 1.00. The molecule has 1 saturated carbocycles. The Kier molecular flexibility index (Phi) is 6.21. The van der Waals surface area contributed by atoms with Gasteiger partial charge in [0.15, 0.2) is 0 Å². The van der Waals surface area contributed by atoms with Gasteiger partial charge in [-0.25, -0.2) is 0 Å². The van der Waals surface area contributed by atoms with E-state index >= 15 is 0 Å². The molecule has 0 nitrogen and oxygen atoms in total. The van der Waals surface area contributed by atoms with Crippen molar-refractivity contribution < 1.29 is 0 Å². The Hall–Kier alpha value is 0. The SMILES string of the molecule is CCC(C)C(CC)C(C)C(C)C(C)C1CC(C)C1. The third-order valence-electron chi connectivity index (χ3n) is 6.33. The van der Waals surface area contributed by atoms with Crippen molar-refractivity contribution in [3.63, 3.8) is 0 Å². The van der Waals surface area contributed by atoms with Crippen LogP contribution in [-0.4, -0.2) is 0 Å². The second kappa shape index (κ2) is 6.96. The monoisotopic (exact) mass is 252 g/mol. The molecule has 0 radical (unpaired) electrons. The molecule has 0 N–H and O–H groups in total. The lowest BCUT2D eigenvalue weighted by Crippen LogP contribution is -2.35. The summed E-state index contributed by atoms with van der Waals surface area (Å²) in [5.41, 5.74) is 0. The summed E-state index contributed by atoms with van der Waals surface area (Å²) in [5.74, 6) is 6.53. The Morgan fingerprint density at radius 1 is 0.889 bits per heavy atom. The van der Waals surface area contributed by atoms with Crippen LogP contribution in [0.3, 0.4) is 0 Å². The summed E-state index contributed by atoms with van der Waals surface area (Å²) in [6.45, 7) is 17.1. The van der Waals surface area contributed by atoms with Gasteiger partial charge in [-0.2, -0.15) is 0 Å². The molecule has 18 heavy (non-hydrogen) atoms. The first-order chi connectivity index (χ1) is 8.42. The van der Waals surface area contributed by atoms with E-state index in [9.17, 15) is 0 Å². The quantitative estimate of drug-likeness (QED) is 0.520. The number of rotatable bonds is 7. The van der Waals surface area contributed by atoms with E-state index in [2.05, 4.69) is 48.5 Å². The van der Waals surface area contributed by atoms with Gasteiger partial charge in [0, 0.05) is 0 Å². The Labute approximate surface area is 116 Å². The van der Waals surface area contributed by atoms with Gasteiger partial charge in [-0.05, 0) is 54.3 Å². The number of hydrogen-bond donors (Lipinski definition) is 0. The molecule has 0 aliphatic heterocycles. The van der Waals surface area contributed by atoms with Crippen molar-refractivity contribution in [1.82, 2.24) is 0 Å². The Morgan fingerprint density at radius 2 is 1.44 bits per heavy atom. The van der Waals surface area contributed by atoms with Crippen LogP contribution in [0.15, 0.2) is 0 Å². The Balaban J connectivity index is 2.55. The maximum Gasteiger partial charge on any atom is -0.0363 e. The lowest BCUT2D eigenvalue weighted by atomic mass is 9.62. The molecular formula is C18H36. The summed E-state index contributed by atoms with van der Waals surface area (Å²) in [7, 11) is 0. The minimum Gasteiger partial charge on any atom is -0.0651 e. The highest BCUT2D eigenvalue weighted by Gasteiger charge is 2.36. The van der Waals surface area contributed by atoms with Crippen LogP contribution in [0.25, 0.3) is 0 Å². The van der Waals surface area contributed by atoms with Gasteiger partial charge in [-0.3, -0.25) is 0 Å². The topological polar surface area (TPSA) is 0 Å². The van der Waals surface area contributed by atoms with Crippen LogP contribution in [0.4, 0.5) is 0 Å². The highest BCUT2D eigenvalue weighted by Crippen LogP contribution is 2.45. The molecule has 0 aromatic heterocycles. The summed E-state index contributed by atoms with van der Waals surface area (Å²) in [6, 6.07) is 0. The van der Waals surface area contributed by atoms with Crippen LogP contribution in [0.5, 0.6) is 0 Å². The van der Waals surface area contributed by atoms with Crippen LogP contribution < -0.4 is 0 Å². The lowest BCUT2D eigenvalue weighted by molar-refractivity contribution is 0.0623. The van der Waals surface area contributed by atoms with Crippen molar-refractivity contribution in [1.29, 1.82) is 0 Å². The maximum absolute atomic E-state index is 2.52. The predicted molar refractivity (Wildman–Crippen MR) is 82.6 cm³/mol. The van der Waals surface area contributed by atoms with Gasteiger partial charge in [0.05, 0.1) is 0 Å². The van der Waals surface area contributed by atoms with Crippen LogP contribution in [-0.2, 0) is 0 Å². The molecule has 5 unspecified atom stereocenters. The van der Waals surface area contributed by atoms with Crippen LogP contribution in [0.1, 0.15) is 74.1 Å². The molecule has 108 valence electrons. The van der Waals surface area contributed by atoms with E-state index in [-0.39, 0.29) is 0 Å². The summed E-state index contributed by atoms with van der Waals surface area (Å²) in [6.07, 6.45) is 5.66. The maximum atomic E-state index is 2.52. The van der Waals surface area contributed by atoms with Gasteiger partial charge in [-0.15, -0.1) is 0 Å². The van der Waals surface area contributed by atoms with Crippen molar-refractivity contribution >= 4 is 0 Å². The average molecular weight is 252 g/mol. The number of hydrogen-bond acceptors (Lipinski definition) is 0. The lowest BCUT2D eigenvalue weighted by Gasteiger charge is -2.43. The van der Waals surface area contributed by atoms with E-state index in [0.717, 1.165) is 41.4 Å². The molecule has 0 heterocycles. The van der Waals surface area contributed by atoms with Gasteiger partial charge in [0.25, 0.3) is 0 Å². The van der Waals surface area contributed by atoms with Crippen LogP contribution in [0, 0.1) is 41.4 Å². The summed E-state index contributed by atoms with van der Waals surface area (Å²) >= 11 is 0. The highest BCUT2D eigenvalue weighted by atomic mass is 14.4. The first kappa shape index (κ1) is 16.1. The largest absolute Gasteiger partial charge is 0.0651 e. The van der Waals surface area contributed by atoms with Gasteiger partial charge in [-0.1, -0.05) is 61.3 Å². The summed E-state index contributed by atoms with van der Waals surface area (Å²) in [4.78, 5) is 0. The van der Waals surface area contributed by atoms with Gasteiger partial charge in [0.2, 0.25) is 0 Å². The molecule has 5 atom stereocenters. The Morgan fingerprint density at radius 3 is 1.83 bits per heavy atom. The molecular weight excluding hydrogens is 216 g/mol. The van der Waals surface area contributed by atoms with Crippen LogP contribution >= 0.6 is 0 Å².